The first kappa shape index (κ1) is 24.5. The zero-order valence-electron chi connectivity index (χ0n) is 23.7. The molecule has 0 N–H and O–H groups in total. The summed E-state index contributed by atoms with van der Waals surface area (Å²) in [5.74, 6) is 1.59. The molecule has 0 saturated heterocycles. The van der Waals surface area contributed by atoms with Crippen LogP contribution in [0.5, 0.6) is 0 Å². The lowest BCUT2D eigenvalue weighted by Gasteiger charge is -2.12. The summed E-state index contributed by atoms with van der Waals surface area (Å²) in [7, 11) is 0. The van der Waals surface area contributed by atoms with E-state index in [9.17, 15) is 0 Å². The Bertz CT molecular complexity index is 2550. The SMILES string of the molecule is c1ccc2c(c1)sc1c(-c3nc(-n4c5ccccc5c5ccccc54)nc(-n4c5ncccc5c5cccnc54)n3)cccc12. The molecule has 0 aliphatic rings. The van der Waals surface area contributed by atoms with Gasteiger partial charge in [-0.1, -0.05) is 66.7 Å². The molecule has 8 heteroatoms. The van der Waals surface area contributed by atoms with Gasteiger partial charge in [-0.3, -0.25) is 4.57 Å². The molecule has 210 valence electrons. The van der Waals surface area contributed by atoms with Crippen LogP contribution in [0.1, 0.15) is 0 Å². The second kappa shape index (κ2) is 9.25. The van der Waals surface area contributed by atoms with Gasteiger partial charge in [-0.2, -0.15) is 15.0 Å². The molecule has 0 spiro atoms. The van der Waals surface area contributed by atoms with Crippen molar-refractivity contribution in [3.63, 3.8) is 0 Å². The van der Waals surface area contributed by atoms with Crippen LogP contribution in [0.25, 0.3) is 87.3 Å². The molecule has 0 unspecified atom stereocenters. The summed E-state index contributed by atoms with van der Waals surface area (Å²) in [6.07, 6.45) is 3.59. The van der Waals surface area contributed by atoms with Crippen molar-refractivity contribution < 1.29 is 0 Å². The maximum atomic E-state index is 5.23. The van der Waals surface area contributed by atoms with E-state index >= 15 is 0 Å². The molecule has 0 amide bonds. The molecule has 0 saturated carbocycles. The average molecular weight is 596 g/mol. The zero-order valence-corrected chi connectivity index (χ0v) is 24.5. The van der Waals surface area contributed by atoms with Crippen molar-refractivity contribution in [2.45, 2.75) is 0 Å². The fourth-order valence-electron chi connectivity index (χ4n) is 6.60. The van der Waals surface area contributed by atoms with E-state index in [1.54, 1.807) is 23.7 Å². The number of aromatic nitrogens is 7. The molecule has 0 radical (unpaired) electrons. The Balaban J connectivity index is 1.35. The lowest BCUT2D eigenvalue weighted by Crippen LogP contribution is -2.11. The van der Waals surface area contributed by atoms with Gasteiger partial charge < -0.3 is 0 Å². The smallest absolute Gasteiger partial charge is 0.242 e. The van der Waals surface area contributed by atoms with E-state index in [1.807, 2.05) is 16.7 Å². The van der Waals surface area contributed by atoms with E-state index < -0.39 is 0 Å². The Morgan fingerprint density at radius 3 is 1.69 bits per heavy atom. The third-order valence-electron chi connectivity index (χ3n) is 8.52. The van der Waals surface area contributed by atoms with E-state index in [0.717, 1.165) is 54.1 Å². The number of benzene rings is 4. The van der Waals surface area contributed by atoms with Gasteiger partial charge in [0.15, 0.2) is 5.82 Å². The number of fused-ring (bicyclic) bond motifs is 9. The van der Waals surface area contributed by atoms with Gasteiger partial charge in [0.25, 0.3) is 0 Å². The quantitative estimate of drug-likeness (QED) is 0.204. The van der Waals surface area contributed by atoms with Crippen molar-refractivity contribution in [1.82, 2.24) is 34.1 Å². The molecule has 0 bridgehead atoms. The predicted octanol–water partition coefficient (Wildman–Crippen LogP) is 8.89. The van der Waals surface area contributed by atoms with Crippen molar-refractivity contribution in [3.8, 4) is 23.3 Å². The van der Waals surface area contributed by atoms with E-state index in [0.29, 0.717) is 17.7 Å². The van der Waals surface area contributed by atoms with Gasteiger partial charge in [0.1, 0.15) is 11.3 Å². The number of thiophene rings is 1. The van der Waals surface area contributed by atoms with E-state index in [2.05, 4.69) is 108 Å². The molecule has 45 heavy (non-hydrogen) atoms. The Morgan fingerprint density at radius 1 is 0.444 bits per heavy atom. The number of rotatable bonds is 3. The summed E-state index contributed by atoms with van der Waals surface area (Å²) < 4.78 is 6.47. The molecule has 0 fully saturated rings. The maximum absolute atomic E-state index is 5.23. The lowest BCUT2D eigenvalue weighted by atomic mass is 10.1. The molecule has 10 aromatic rings. The van der Waals surface area contributed by atoms with Crippen molar-refractivity contribution in [1.29, 1.82) is 0 Å². The van der Waals surface area contributed by atoms with Gasteiger partial charge in [-0.15, -0.1) is 11.3 Å². The van der Waals surface area contributed by atoms with Crippen LogP contribution in [-0.2, 0) is 0 Å². The Hall–Kier alpha value is -5.99. The van der Waals surface area contributed by atoms with Gasteiger partial charge >= 0.3 is 0 Å². The molecule has 4 aromatic carbocycles. The standard InChI is InChI=1S/C37H21N7S/c1-4-17-29-22(10-1)23-11-2-5-18-30(23)43(29)36-40-33(28-14-7-13-25-24-12-3-6-19-31(24)45-32(25)28)41-37(42-36)44-34-26(15-8-20-38-34)27-16-9-21-39-35(27)44/h1-21H. The van der Waals surface area contributed by atoms with Crippen LogP contribution in [0.4, 0.5) is 0 Å². The number of pyridine rings is 2. The largest absolute Gasteiger partial charge is 0.278 e. The number of hydrogen-bond donors (Lipinski definition) is 0. The third kappa shape index (κ3) is 3.48. The number of nitrogens with zero attached hydrogens (tertiary/aromatic N) is 7. The van der Waals surface area contributed by atoms with Crippen LogP contribution in [-0.4, -0.2) is 34.1 Å². The fourth-order valence-corrected chi connectivity index (χ4v) is 7.81. The number of hydrogen-bond acceptors (Lipinski definition) is 6. The molecule has 0 atom stereocenters. The zero-order chi connectivity index (χ0) is 29.5. The van der Waals surface area contributed by atoms with Gasteiger partial charge in [0.2, 0.25) is 11.9 Å². The van der Waals surface area contributed by atoms with Gasteiger partial charge in [-0.05, 0) is 48.5 Å². The highest BCUT2D eigenvalue weighted by atomic mass is 32.1. The summed E-state index contributed by atoms with van der Waals surface area (Å²) in [6, 6.07) is 39.7. The van der Waals surface area contributed by atoms with E-state index in [1.165, 1.54) is 15.5 Å². The second-order valence-corrected chi connectivity index (χ2v) is 12.0. The maximum Gasteiger partial charge on any atom is 0.242 e. The minimum Gasteiger partial charge on any atom is -0.278 e. The molecule has 10 rings (SSSR count). The fraction of sp³-hybridized carbons (Fsp3) is 0. The van der Waals surface area contributed by atoms with Gasteiger partial charge in [0.05, 0.1) is 11.0 Å². The highest BCUT2D eigenvalue weighted by Crippen LogP contribution is 2.40. The number of para-hydroxylation sites is 2. The summed E-state index contributed by atoms with van der Waals surface area (Å²) in [4.78, 5) is 25.2. The second-order valence-electron chi connectivity index (χ2n) is 11.0. The first-order valence-electron chi connectivity index (χ1n) is 14.7. The molecule has 6 aromatic heterocycles. The predicted molar refractivity (Wildman–Crippen MR) is 182 cm³/mol. The van der Waals surface area contributed by atoms with E-state index in [-0.39, 0.29) is 0 Å². The molecular formula is C37H21N7S. The Morgan fingerprint density at radius 2 is 1.00 bits per heavy atom. The van der Waals surface area contributed by atoms with E-state index in [4.69, 9.17) is 24.9 Å². The first-order chi connectivity index (χ1) is 22.3. The monoisotopic (exact) mass is 595 g/mol. The molecule has 6 heterocycles. The molecular weight excluding hydrogens is 575 g/mol. The average Bonchev–Trinajstić information content (AvgIpc) is 3.76. The van der Waals surface area contributed by atoms with Gasteiger partial charge in [0, 0.05) is 59.7 Å². The topological polar surface area (TPSA) is 74.3 Å². The lowest BCUT2D eigenvalue weighted by molar-refractivity contribution is 0.884. The van der Waals surface area contributed by atoms with Crippen LogP contribution in [0, 0.1) is 0 Å². The minimum atomic E-state index is 0.465. The van der Waals surface area contributed by atoms with Crippen LogP contribution in [0.2, 0.25) is 0 Å². The summed E-state index contributed by atoms with van der Waals surface area (Å²) in [5, 5.41) is 6.69. The Labute approximate surface area is 259 Å². The molecule has 0 aliphatic heterocycles. The highest BCUT2D eigenvalue weighted by Gasteiger charge is 2.22. The minimum absolute atomic E-state index is 0.465. The van der Waals surface area contributed by atoms with Crippen molar-refractivity contribution in [2.24, 2.45) is 0 Å². The van der Waals surface area contributed by atoms with Gasteiger partial charge in [-0.25, -0.2) is 14.5 Å². The molecule has 7 nitrogen and oxygen atoms in total. The van der Waals surface area contributed by atoms with Crippen molar-refractivity contribution in [2.75, 3.05) is 0 Å². The normalized spacial score (nSPS) is 12.0. The summed E-state index contributed by atoms with van der Waals surface area (Å²) in [6.45, 7) is 0. The van der Waals surface area contributed by atoms with Crippen LogP contribution in [0.15, 0.2) is 128 Å². The Kier molecular flexibility index (Phi) is 5.03. The molecule has 0 aliphatic carbocycles. The third-order valence-corrected chi connectivity index (χ3v) is 9.74. The van der Waals surface area contributed by atoms with Crippen LogP contribution < -0.4 is 0 Å². The van der Waals surface area contributed by atoms with Crippen LogP contribution >= 0.6 is 11.3 Å². The van der Waals surface area contributed by atoms with Crippen molar-refractivity contribution in [3.05, 3.63) is 128 Å². The first-order valence-corrected chi connectivity index (χ1v) is 15.5. The highest BCUT2D eigenvalue weighted by molar-refractivity contribution is 7.26. The summed E-state index contributed by atoms with van der Waals surface area (Å²) >= 11 is 1.76. The van der Waals surface area contributed by atoms with Crippen LogP contribution in [0.3, 0.4) is 0 Å². The van der Waals surface area contributed by atoms with Crippen molar-refractivity contribution >= 4 is 75.4 Å². The summed E-state index contributed by atoms with van der Waals surface area (Å²) in [5.41, 5.74) is 4.51.